The Balaban J connectivity index is 0.00000616. The number of aliphatic hydroxyl groups is 2. The van der Waals surface area contributed by atoms with E-state index in [2.05, 4.69) is 9.29 Å². The van der Waals surface area contributed by atoms with Gasteiger partial charge in [-0.1, -0.05) is 0 Å². The number of halogens is 1. The molecule has 243 valence electrons. The van der Waals surface area contributed by atoms with E-state index in [9.17, 15) is 39.1 Å². The summed E-state index contributed by atoms with van der Waals surface area (Å²) in [6, 6.07) is 1.29. The fourth-order valence-corrected chi connectivity index (χ4v) is 7.41. The molecule has 0 bridgehead atoms. The van der Waals surface area contributed by atoms with Crippen LogP contribution in [0.4, 0.5) is 5.82 Å². The van der Waals surface area contributed by atoms with Gasteiger partial charge in [-0.05, 0) is 33.8 Å². The number of piperidine rings is 1. The molecule has 0 amide bonds. The Bertz CT molecular complexity index is 1230. The molecule has 6 N–H and O–H groups in total. The van der Waals surface area contributed by atoms with Gasteiger partial charge in [0.25, 0.3) is 0 Å². The number of nitrogen functional groups attached to an aromatic ring is 1. The molecule has 2 unspecified atom stereocenters. The molecule has 0 aliphatic carbocycles. The minimum atomic E-state index is -5.22. The van der Waals surface area contributed by atoms with Crippen molar-refractivity contribution in [2.24, 2.45) is 0 Å². The number of anilines is 1. The summed E-state index contributed by atoms with van der Waals surface area (Å²) < 4.78 is 45.4. The first-order valence-corrected chi connectivity index (χ1v) is 15.9. The number of aromatic nitrogens is 2. The summed E-state index contributed by atoms with van der Waals surface area (Å²) in [5.41, 5.74) is 3.33. The number of ether oxygens (including phenoxy) is 1. The van der Waals surface area contributed by atoms with Gasteiger partial charge in [-0.15, -0.1) is 10.3 Å². The second-order valence-electron chi connectivity index (χ2n) is 12.2. The average Bonchev–Trinajstić information content (AvgIpc) is 3.08. The number of phosphoric ester groups is 2. The second kappa shape index (κ2) is 13.2. The Morgan fingerprint density at radius 3 is 2.19 bits per heavy atom. The zero-order valence-electron chi connectivity index (χ0n) is 24.3. The molecule has 0 spiro atoms. The third-order valence-electron chi connectivity index (χ3n) is 7.55. The van der Waals surface area contributed by atoms with Crippen LogP contribution in [0.15, 0.2) is 17.1 Å². The van der Waals surface area contributed by atoms with Crippen molar-refractivity contribution in [1.29, 1.82) is 0 Å². The molecule has 1 aromatic rings. The lowest BCUT2D eigenvalue weighted by Crippen LogP contribution is -3.00. The molecule has 6 atom stereocenters. The first kappa shape index (κ1) is 37.2. The summed E-state index contributed by atoms with van der Waals surface area (Å²) in [7, 11) is -6.52. The van der Waals surface area contributed by atoms with Crippen LogP contribution in [0.5, 0.6) is 0 Å². The lowest BCUT2D eigenvalue weighted by molar-refractivity contribution is -0.918. The Hall–Kier alpha value is -1.01. The van der Waals surface area contributed by atoms with Crippen LogP contribution in [0.25, 0.3) is 0 Å². The molecule has 2 saturated heterocycles. The molecule has 3 heterocycles. The van der Waals surface area contributed by atoms with E-state index in [1.165, 1.54) is 12.3 Å². The van der Waals surface area contributed by atoms with Gasteiger partial charge in [-0.2, -0.15) is 9.29 Å². The molecule has 2 aliphatic rings. The van der Waals surface area contributed by atoms with Gasteiger partial charge < -0.3 is 47.4 Å². The predicted molar refractivity (Wildman–Crippen MR) is 142 cm³/mol. The number of rotatable bonds is 11. The highest BCUT2D eigenvalue weighted by Crippen LogP contribution is 2.60. The first-order chi connectivity index (χ1) is 18.6. The van der Waals surface area contributed by atoms with Gasteiger partial charge in [0.05, 0.1) is 26.7 Å². The monoisotopic (exact) mass is 664 g/mol. The Morgan fingerprint density at radius 1 is 1.10 bits per heavy atom. The largest absolute Gasteiger partial charge is 1.00 e. The van der Waals surface area contributed by atoms with E-state index >= 15 is 0 Å². The standard InChI is InChI=1S/C22H40N5O12P2.ClH/c1-21(2)11-14(12-22(3,4)26(21)31)27(5,6)9-10-36-40(32,33)39-41(34,35)37-13-15-17(28)18(29)19(38-15)25-8-7-16(23)24-20(25)30;/h7-8,14-15,17-19,28-29H,9-13H2,1-6H3,(H3-,23,24,30,32,33,34,35);1H/t15-,17-,18-,19-;/m1./s1. The van der Waals surface area contributed by atoms with Crippen LogP contribution in [0.3, 0.4) is 0 Å². The fourth-order valence-electron chi connectivity index (χ4n) is 5.34. The zero-order valence-corrected chi connectivity index (χ0v) is 26.8. The molecule has 2 aliphatic heterocycles. The SMILES string of the molecule is CC1(C)CC([N+](C)(C)CCOP(=O)(O)OP(=O)(O)OC[C@H]2O[C@@H](n3ccc(N)nc3=O)[C@H](O)[C@@H]2O)CC(C)(C)N1[O].[Cl-]. The van der Waals surface area contributed by atoms with E-state index in [-0.39, 0.29) is 37.4 Å². The smallest absolute Gasteiger partial charge is 0.481 e. The summed E-state index contributed by atoms with van der Waals surface area (Å²) in [5.74, 6) is -0.0758. The number of aliphatic hydroxyl groups excluding tert-OH is 2. The summed E-state index contributed by atoms with van der Waals surface area (Å²) >= 11 is 0. The van der Waals surface area contributed by atoms with Gasteiger partial charge >= 0.3 is 21.3 Å². The third kappa shape index (κ3) is 8.79. The Labute approximate surface area is 250 Å². The lowest BCUT2D eigenvalue weighted by atomic mass is 9.77. The minimum absolute atomic E-state index is 0. The average molecular weight is 665 g/mol. The van der Waals surface area contributed by atoms with Gasteiger partial charge in [0, 0.05) is 30.1 Å². The van der Waals surface area contributed by atoms with E-state index in [0.717, 1.165) is 9.63 Å². The van der Waals surface area contributed by atoms with Gasteiger partial charge in [-0.3, -0.25) is 13.6 Å². The number of nitrogens with two attached hydrogens (primary N) is 1. The molecule has 1 radical (unpaired) electrons. The highest BCUT2D eigenvalue weighted by molar-refractivity contribution is 7.61. The Kier molecular flexibility index (Phi) is 11.6. The van der Waals surface area contributed by atoms with Crippen LogP contribution in [0.1, 0.15) is 46.8 Å². The summed E-state index contributed by atoms with van der Waals surface area (Å²) in [4.78, 5) is 35.6. The molecule has 42 heavy (non-hydrogen) atoms. The first-order valence-electron chi connectivity index (χ1n) is 12.9. The molecular formula is C22H41ClN5O12P2. The van der Waals surface area contributed by atoms with Crippen LogP contribution in [-0.2, 0) is 32.4 Å². The maximum Gasteiger partial charge on any atom is 0.481 e. The van der Waals surface area contributed by atoms with Crippen LogP contribution in [0, 0.1) is 0 Å². The van der Waals surface area contributed by atoms with Crippen molar-refractivity contribution in [3.8, 4) is 0 Å². The second-order valence-corrected chi connectivity index (χ2v) is 15.3. The summed E-state index contributed by atoms with van der Waals surface area (Å²) in [6.45, 7) is 6.51. The van der Waals surface area contributed by atoms with Crippen molar-refractivity contribution in [2.45, 2.75) is 82.2 Å². The van der Waals surface area contributed by atoms with Crippen LogP contribution >= 0.6 is 15.6 Å². The summed E-state index contributed by atoms with van der Waals surface area (Å²) in [6.07, 6.45) is -3.80. The van der Waals surface area contributed by atoms with Gasteiger partial charge in [0.2, 0.25) is 0 Å². The van der Waals surface area contributed by atoms with Crippen molar-refractivity contribution in [3.63, 3.8) is 0 Å². The minimum Gasteiger partial charge on any atom is -1.00 e. The van der Waals surface area contributed by atoms with Gasteiger partial charge in [0.1, 0.15) is 37.3 Å². The number of phosphoric acid groups is 2. The topological polar surface area (TPSA) is 236 Å². The highest BCUT2D eigenvalue weighted by Gasteiger charge is 2.51. The molecule has 20 heteroatoms. The van der Waals surface area contributed by atoms with Crippen LogP contribution in [0.2, 0.25) is 0 Å². The number of likely N-dealkylation sites (N-methyl/N-ethyl adjacent to an activating group) is 1. The van der Waals surface area contributed by atoms with E-state index in [4.69, 9.17) is 19.5 Å². The normalized spacial score (nSPS) is 29.4. The van der Waals surface area contributed by atoms with E-state index < -0.39 is 63.6 Å². The maximum atomic E-state index is 12.7. The maximum absolute atomic E-state index is 12.7. The predicted octanol–water partition coefficient (Wildman–Crippen LogP) is -2.86. The molecule has 0 saturated carbocycles. The number of nitrogens with zero attached hydrogens (tertiary/aromatic N) is 4. The summed E-state index contributed by atoms with van der Waals surface area (Å²) in [5, 5.41) is 34.3. The number of quaternary nitrogens is 1. The Morgan fingerprint density at radius 2 is 1.64 bits per heavy atom. The van der Waals surface area contributed by atoms with E-state index in [1.807, 2.05) is 41.8 Å². The molecule has 17 nitrogen and oxygen atoms in total. The quantitative estimate of drug-likeness (QED) is 0.118. The number of hydroxylamine groups is 2. The molecule has 1 aromatic heterocycles. The van der Waals surface area contributed by atoms with E-state index in [0.29, 0.717) is 17.3 Å². The number of hydrogen-bond acceptors (Lipinski definition) is 12. The van der Waals surface area contributed by atoms with Gasteiger partial charge in [0.15, 0.2) is 6.23 Å². The van der Waals surface area contributed by atoms with Crippen molar-refractivity contribution in [3.05, 3.63) is 22.7 Å². The zero-order chi connectivity index (χ0) is 31.2. The van der Waals surface area contributed by atoms with Crippen LogP contribution in [-0.4, -0.2) is 108 Å². The highest BCUT2D eigenvalue weighted by atomic mass is 35.5. The van der Waals surface area contributed by atoms with Crippen LogP contribution < -0.4 is 23.8 Å². The van der Waals surface area contributed by atoms with Crippen molar-refractivity contribution >= 4 is 21.5 Å². The molecule has 3 rings (SSSR count). The third-order valence-corrected chi connectivity index (χ3v) is 10.2. The fraction of sp³-hybridized carbons (Fsp3) is 0.818. The molecule has 0 aromatic carbocycles. The van der Waals surface area contributed by atoms with Crippen molar-refractivity contribution in [1.82, 2.24) is 14.6 Å². The molecule has 2 fully saturated rings. The lowest BCUT2D eigenvalue weighted by Gasteiger charge is -2.53. The van der Waals surface area contributed by atoms with Crippen molar-refractivity contribution < 1.29 is 69.3 Å². The van der Waals surface area contributed by atoms with Crippen molar-refractivity contribution in [2.75, 3.05) is 39.6 Å². The molecular weight excluding hydrogens is 624 g/mol. The number of hydrogen-bond donors (Lipinski definition) is 5. The van der Waals surface area contributed by atoms with E-state index in [1.54, 1.807) is 0 Å². The van der Waals surface area contributed by atoms with Gasteiger partial charge in [-0.25, -0.2) is 13.9 Å².